The Morgan fingerprint density at radius 2 is 2.00 bits per heavy atom. The summed E-state index contributed by atoms with van der Waals surface area (Å²) in [5.74, 6) is 0. The number of unbranched alkanes of at least 4 members (excludes halogenated alkanes) is 1. The van der Waals surface area contributed by atoms with E-state index >= 15 is 0 Å². The van der Waals surface area contributed by atoms with Crippen molar-refractivity contribution in [1.82, 2.24) is 9.62 Å². The Labute approximate surface area is 115 Å². The van der Waals surface area contributed by atoms with Crippen LogP contribution in [0.3, 0.4) is 0 Å². The van der Waals surface area contributed by atoms with Crippen LogP contribution in [0.5, 0.6) is 0 Å². The average molecular weight is 285 g/mol. The molecule has 1 aromatic rings. The van der Waals surface area contributed by atoms with Crippen molar-refractivity contribution < 1.29 is 8.42 Å². The Morgan fingerprint density at radius 1 is 1.26 bits per heavy atom. The van der Waals surface area contributed by atoms with E-state index in [4.69, 9.17) is 5.73 Å². The SMILES string of the molecule is CN(C)CCCCNS(=O)(=O)c1cccc(CN)c1. The molecule has 0 saturated heterocycles. The first-order chi connectivity index (χ1) is 8.95. The first-order valence-corrected chi connectivity index (χ1v) is 7.87. The minimum Gasteiger partial charge on any atom is -0.326 e. The van der Waals surface area contributed by atoms with E-state index in [1.165, 1.54) is 0 Å². The molecule has 0 aromatic heterocycles. The maximum Gasteiger partial charge on any atom is 0.240 e. The van der Waals surface area contributed by atoms with Crippen LogP contribution in [0.2, 0.25) is 0 Å². The molecule has 108 valence electrons. The lowest BCUT2D eigenvalue weighted by Gasteiger charge is -2.10. The van der Waals surface area contributed by atoms with Gasteiger partial charge in [-0.3, -0.25) is 0 Å². The summed E-state index contributed by atoms with van der Waals surface area (Å²) in [6.45, 7) is 1.76. The number of nitrogens with one attached hydrogen (secondary N) is 1. The van der Waals surface area contributed by atoms with Crippen molar-refractivity contribution in [3.05, 3.63) is 29.8 Å². The van der Waals surface area contributed by atoms with Crippen LogP contribution < -0.4 is 10.5 Å². The summed E-state index contributed by atoms with van der Waals surface area (Å²) in [6.07, 6.45) is 1.80. The van der Waals surface area contributed by atoms with Crippen molar-refractivity contribution in [1.29, 1.82) is 0 Å². The molecule has 0 unspecified atom stereocenters. The summed E-state index contributed by atoms with van der Waals surface area (Å²) >= 11 is 0. The van der Waals surface area contributed by atoms with Crippen molar-refractivity contribution in [2.24, 2.45) is 5.73 Å². The monoisotopic (exact) mass is 285 g/mol. The Morgan fingerprint density at radius 3 is 2.63 bits per heavy atom. The third-order valence-corrected chi connectivity index (χ3v) is 4.23. The Hall–Kier alpha value is -0.950. The Kier molecular flexibility index (Phi) is 6.44. The maximum atomic E-state index is 12.0. The van der Waals surface area contributed by atoms with Gasteiger partial charge in [0.1, 0.15) is 0 Å². The van der Waals surface area contributed by atoms with Gasteiger partial charge in [0.25, 0.3) is 0 Å². The Bertz CT molecular complexity index is 486. The smallest absolute Gasteiger partial charge is 0.240 e. The van der Waals surface area contributed by atoms with Gasteiger partial charge in [0.2, 0.25) is 10.0 Å². The Balaban J connectivity index is 2.51. The molecule has 0 aliphatic carbocycles. The molecule has 0 spiro atoms. The highest BCUT2D eigenvalue weighted by Gasteiger charge is 2.13. The van der Waals surface area contributed by atoms with Crippen molar-refractivity contribution in [3.8, 4) is 0 Å². The van der Waals surface area contributed by atoms with Crippen LogP contribution in [0.15, 0.2) is 29.2 Å². The van der Waals surface area contributed by atoms with Gasteiger partial charge in [-0.05, 0) is 51.2 Å². The molecule has 0 amide bonds. The summed E-state index contributed by atoms with van der Waals surface area (Å²) in [7, 11) is 0.592. The average Bonchev–Trinajstić information content (AvgIpc) is 2.38. The molecule has 3 N–H and O–H groups in total. The second kappa shape index (κ2) is 7.59. The number of rotatable bonds is 8. The first kappa shape index (κ1) is 16.1. The van der Waals surface area contributed by atoms with E-state index in [9.17, 15) is 8.42 Å². The predicted octanol–water partition coefficient (Wildman–Crippen LogP) is 0.765. The lowest BCUT2D eigenvalue weighted by atomic mass is 10.2. The highest BCUT2D eigenvalue weighted by molar-refractivity contribution is 7.89. The summed E-state index contributed by atoms with van der Waals surface area (Å²) in [6, 6.07) is 6.72. The molecule has 0 saturated carbocycles. The van der Waals surface area contributed by atoms with Gasteiger partial charge in [0.15, 0.2) is 0 Å². The molecule has 5 nitrogen and oxygen atoms in total. The molecular weight excluding hydrogens is 262 g/mol. The van der Waals surface area contributed by atoms with Gasteiger partial charge in [0, 0.05) is 13.1 Å². The van der Waals surface area contributed by atoms with Gasteiger partial charge in [-0.2, -0.15) is 0 Å². The second-order valence-electron chi connectivity index (χ2n) is 4.76. The molecule has 0 fully saturated rings. The first-order valence-electron chi connectivity index (χ1n) is 6.39. The highest BCUT2D eigenvalue weighted by atomic mass is 32.2. The van der Waals surface area contributed by atoms with Crippen LogP contribution in [0, 0.1) is 0 Å². The molecule has 1 rings (SSSR count). The van der Waals surface area contributed by atoms with E-state index in [1.54, 1.807) is 18.2 Å². The molecule has 0 aliphatic heterocycles. The fourth-order valence-corrected chi connectivity index (χ4v) is 2.83. The van der Waals surface area contributed by atoms with Crippen LogP contribution in [-0.4, -0.2) is 40.5 Å². The van der Waals surface area contributed by atoms with Gasteiger partial charge < -0.3 is 10.6 Å². The van der Waals surface area contributed by atoms with E-state index in [1.807, 2.05) is 20.2 Å². The third kappa shape index (κ3) is 5.69. The fraction of sp³-hybridized carbons (Fsp3) is 0.538. The number of hydrogen-bond donors (Lipinski definition) is 2. The van der Waals surface area contributed by atoms with Gasteiger partial charge >= 0.3 is 0 Å². The number of benzene rings is 1. The predicted molar refractivity (Wildman–Crippen MR) is 77.3 cm³/mol. The number of nitrogens with zero attached hydrogens (tertiary/aromatic N) is 1. The molecule has 6 heteroatoms. The maximum absolute atomic E-state index is 12.0. The molecule has 0 heterocycles. The topological polar surface area (TPSA) is 75.4 Å². The molecular formula is C13H23N3O2S. The molecule has 0 bridgehead atoms. The van der Waals surface area contributed by atoms with Crippen molar-refractivity contribution in [3.63, 3.8) is 0 Å². The molecule has 0 radical (unpaired) electrons. The largest absolute Gasteiger partial charge is 0.326 e. The normalized spacial score (nSPS) is 12.0. The van der Waals surface area contributed by atoms with Gasteiger partial charge in [0.05, 0.1) is 4.90 Å². The quantitative estimate of drug-likeness (QED) is 0.692. The zero-order valence-corrected chi connectivity index (χ0v) is 12.4. The van der Waals surface area contributed by atoms with Crippen LogP contribution in [-0.2, 0) is 16.6 Å². The van der Waals surface area contributed by atoms with E-state index in [0.717, 1.165) is 24.9 Å². The van der Waals surface area contributed by atoms with Crippen molar-refractivity contribution >= 4 is 10.0 Å². The van der Waals surface area contributed by atoms with Gasteiger partial charge in [-0.1, -0.05) is 12.1 Å². The van der Waals surface area contributed by atoms with Gasteiger partial charge in [-0.25, -0.2) is 13.1 Å². The number of hydrogen-bond acceptors (Lipinski definition) is 4. The minimum atomic E-state index is -3.41. The minimum absolute atomic E-state index is 0.281. The molecule has 1 aromatic carbocycles. The summed E-state index contributed by atoms with van der Waals surface area (Å²) in [5.41, 5.74) is 6.33. The number of nitrogens with two attached hydrogens (primary N) is 1. The van der Waals surface area contributed by atoms with Crippen LogP contribution >= 0.6 is 0 Å². The standard InChI is InChI=1S/C13H23N3O2S/c1-16(2)9-4-3-8-15-19(17,18)13-7-5-6-12(10-13)11-14/h5-7,10,15H,3-4,8-9,11,14H2,1-2H3. The second-order valence-corrected chi connectivity index (χ2v) is 6.53. The van der Waals surface area contributed by atoms with E-state index in [2.05, 4.69) is 9.62 Å². The van der Waals surface area contributed by atoms with Gasteiger partial charge in [-0.15, -0.1) is 0 Å². The third-order valence-electron chi connectivity index (χ3n) is 2.77. The van der Waals surface area contributed by atoms with E-state index in [-0.39, 0.29) is 4.90 Å². The fourth-order valence-electron chi connectivity index (χ4n) is 1.68. The molecule has 19 heavy (non-hydrogen) atoms. The molecule has 0 aliphatic rings. The molecule has 0 atom stereocenters. The van der Waals surface area contributed by atoms with Crippen LogP contribution in [0.1, 0.15) is 18.4 Å². The van der Waals surface area contributed by atoms with Crippen LogP contribution in [0.4, 0.5) is 0 Å². The van der Waals surface area contributed by atoms with Crippen LogP contribution in [0.25, 0.3) is 0 Å². The summed E-state index contributed by atoms with van der Waals surface area (Å²) in [4.78, 5) is 2.36. The summed E-state index contributed by atoms with van der Waals surface area (Å²) in [5, 5.41) is 0. The zero-order chi connectivity index (χ0) is 14.3. The lowest BCUT2D eigenvalue weighted by molar-refractivity contribution is 0.394. The van der Waals surface area contributed by atoms with E-state index in [0.29, 0.717) is 13.1 Å². The lowest BCUT2D eigenvalue weighted by Crippen LogP contribution is -2.25. The highest BCUT2D eigenvalue weighted by Crippen LogP contribution is 2.11. The van der Waals surface area contributed by atoms with Crippen molar-refractivity contribution in [2.75, 3.05) is 27.2 Å². The van der Waals surface area contributed by atoms with E-state index < -0.39 is 10.0 Å². The number of sulfonamides is 1. The summed E-state index contributed by atoms with van der Waals surface area (Å²) < 4.78 is 26.7. The zero-order valence-electron chi connectivity index (χ0n) is 11.6. The van der Waals surface area contributed by atoms with Crippen molar-refractivity contribution in [2.45, 2.75) is 24.3 Å².